The molecule has 0 N–H and O–H groups in total. The Morgan fingerprint density at radius 2 is 2.27 bits per heavy atom. The molecule has 4 rings (SSSR count). The third kappa shape index (κ3) is 3.83. The van der Waals surface area contributed by atoms with E-state index in [1.807, 2.05) is 4.68 Å². The standard InChI is InChI=1S/C17H22N6OS2/c1-3-4-7-23-15(18-21-22-23)10-25-17-20-19-16(24-17)14-9-12-8-11(2)5-6-13(12)26-14/h9,11H,3-8,10H2,1-2H3/t11-/m0/s1. The first-order chi connectivity index (χ1) is 12.7. The predicted molar refractivity (Wildman–Crippen MR) is 101 cm³/mol. The number of aryl methyl sites for hydroxylation is 2. The summed E-state index contributed by atoms with van der Waals surface area (Å²) >= 11 is 3.27. The predicted octanol–water partition coefficient (Wildman–Crippen LogP) is 4.00. The summed E-state index contributed by atoms with van der Waals surface area (Å²) in [4.78, 5) is 2.55. The van der Waals surface area contributed by atoms with Crippen LogP contribution in [0.3, 0.4) is 0 Å². The monoisotopic (exact) mass is 390 g/mol. The second kappa shape index (κ2) is 7.87. The molecule has 0 spiro atoms. The summed E-state index contributed by atoms with van der Waals surface area (Å²) < 4.78 is 7.72. The first-order valence-electron chi connectivity index (χ1n) is 9.06. The normalized spacial score (nSPS) is 16.8. The fourth-order valence-electron chi connectivity index (χ4n) is 3.11. The zero-order valence-electron chi connectivity index (χ0n) is 15.0. The van der Waals surface area contributed by atoms with Gasteiger partial charge in [0, 0.05) is 11.4 Å². The van der Waals surface area contributed by atoms with E-state index in [0.29, 0.717) is 16.9 Å². The van der Waals surface area contributed by atoms with Crippen LogP contribution in [0.25, 0.3) is 10.8 Å². The molecule has 0 fully saturated rings. The molecule has 0 bridgehead atoms. The van der Waals surface area contributed by atoms with Gasteiger partial charge in [0.1, 0.15) is 0 Å². The van der Waals surface area contributed by atoms with Crippen LogP contribution in [-0.4, -0.2) is 30.4 Å². The number of nitrogens with zero attached hydrogens (tertiary/aromatic N) is 6. The average molecular weight is 391 g/mol. The van der Waals surface area contributed by atoms with Gasteiger partial charge in [0.15, 0.2) is 5.82 Å². The van der Waals surface area contributed by atoms with Crippen molar-refractivity contribution in [3.05, 3.63) is 22.3 Å². The number of rotatable bonds is 7. The second-order valence-corrected chi connectivity index (χ2v) is 8.80. The number of hydrogen-bond acceptors (Lipinski definition) is 8. The molecule has 7 nitrogen and oxygen atoms in total. The third-order valence-electron chi connectivity index (χ3n) is 4.60. The summed E-state index contributed by atoms with van der Waals surface area (Å²) in [5.41, 5.74) is 1.45. The van der Waals surface area contributed by atoms with Gasteiger partial charge in [-0.1, -0.05) is 32.0 Å². The third-order valence-corrected chi connectivity index (χ3v) is 6.64. The van der Waals surface area contributed by atoms with E-state index in [1.165, 1.54) is 28.6 Å². The number of fused-ring (bicyclic) bond motifs is 1. The van der Waals surface area contributed by atoms with E-state index in [1.54, 1.807) is 11.3 Å². The van der Waals surface area contributed by atoms with Gasteiger partial charge in [0.05, 0.1) is 10.6 Å². The van der Waals surface area contributed by atoms with Crippen LogP contribution in [0.15, 0.2) is 15.7 Å². The minimum atomic E-state index is 0.560. The number of tetrazole rings is 1. The Morgan fingerprint density at radius 1 is 1.35 bits per heavy atom. The summed E-state index contributed by atoms with van der Waals surface area (Å²) in [5.74, 6) is 2.84. The molecule has 1 atom stereocenters. The molecule has 0 aromatic carbocycles. The zero-order chi connectivity index (χ0) is 17.9. The maximum atomic E-state index is 5.87. The Hall–Kier alpha value is -1.74. The van der Waals surface area contributed by atoms with Gasteiger partial charge < -0.3 is 4.42 Å². The van der Waals surface area contributed by atoms with Gasteiger partial charge in [-0.3, -0.25) is 0 Å². The number of unbranched alkanes of at least 4 members (excludes halogenated alkanes) is 1. The SMILES string of the molecule is CCCCn1nnnc1CSc1nnc(-c2cc3c(s2)CC[C@H](C)C3)o1. The van der Waals surface area contributed by atoms with Crippen LogP contribution in [0, 0.1) is 5.92 Å². The maximum Gasteiger partial charge on any atom is 0.277 e. The highest BCUT2D eigenvalue weighted by atomic mass is 32.2. The fourth-order valence-corrected chi connectivity index (χ4v) is 4.94. The van der Waals surface area contributed by atoms with Crippen molar-refractivity contribution in [1.82, 2.24) is 30.4 Å². The molecule has 0 saturated heterocycles. The number of hydrogen-bond donors (Lipinski definition) is 0. The molecular weight excluding hydrogens is 368 g/mol. The molecule has 3 aromatic rings. The van der Waals surface area contributed by atoms with Gasteiger partial charge in [0.2, 0.25) is 0 Å². The topological polar surface area (TPSA) is 82.5 Å². The minimum absolute atomic E-state index is 0.560. The van der Waals surface area contributed by atoms with Crippen molar-refractivity contribution >= 4 is 23.1 Å². The van der Waals surface area contributed by atoms with Crippen molar-refractivity contribution < 1.29 is 4.42 Å². The fraction of sp³-hybridized carbons (Fsp3) is 0.588. The molecule has 0 saturated carbocycles. The number of thioether (sulfide) groups is 1. The van der Waals surface area contributed by atoms with E-state index in [9.17, 15) is 0 Å². The Kier molecular flexibility index (Phi) is 5.35. The van der Waals surface area contributed by atoms with E-state index in [-0.39, 0.29) is 0 Å². The molecular formula is C17H22N6OS2. The highest BCUT2D eigenvalue weighted by molar-refractivity contribution is 7.98. The Morgan fingerprint density at radius 3 is 3.15 bits per heavy atom. The summed E-state index contributed by atoms with van der Waals surface area (Å²) in [6.45, 7) is 5.31. The average Bonchev–Trinajstić information content (AvgIpc) is 3.36. The Bertz CT molecular complexity index is 870. The minimum Gasteiger partial charge on any atom is -0.410 e. The largest absolute Gasteiger partial charge is 0.410 e. The van der Waals surface area contributed by atoms with E-state index < -0.39 is 0 Å². The molecule has 1 aliphatic carbocycles. The number of aromatic nitrogens is 6. The van der Waals surface area contributed by atoms with Crippen LogP contribution >= 0.6 is 23.1 Å². The Labute approximate surface area is 160 Å². The van der Waals surface area contributed by atoms with Crippen molar-refractivity contribution in [1.29, 1.82) is 0 Å². The van der Waals surface area contributed by atoms with Crippen molar-refractivity contribution in [2.75, 3.05) is 0 Å². The smallest absolute Gasteiger partial charge is 0.277 e. The van der Waals surface area contributed by atoms with Gasteiger partial charge in [-0.25, -0.2) is 4.68 Å². The summed E-state index contributed by atoms with van der Waals surface area (Å²) in [6.07, 6.45) is 5.77. The van der Waals surface area contributed by atoms with E-state index in [4.69, 9.17) is 4.42 Å². The maximum absolute atomic E-state index is 5.87. The lowest BCUT2D eigenvalue weighted by Gasteiger charge is -2.16. The van der Waals surface area contributed by atoms with Gasteiger partial charge in [-0.2, -0.15) is 0 Å². The van der Waals surface area contributed by atoms with E-state index in [2.05, 4.69) is 45.6 Å². The van der Waals surface area contributed by atoms with Crippen molar-refractivity contribution in [3.8, 4) is 10.8 Å². The van der Waals surface area contributed by atoms with Crippen molar-refractivity contribution in [2.45, 2.75) is 63.5 Å². The van der Waals surface area contributed by atoms with Gasteiger partial charge >= 0.3 is 0 Å². The molecule has 3 aromatic heterocycles. The molecule has 9 heteroatoms. The second-order valence-electron chi connectivity index (χ2n) is 6.74. The van der Waals surface area contributed by atoms with Crippen LogP contribution in [0.4, 0.5) is 0 Å². The lowest BCUT2D eigenvalue weighted by atomic mass is 9.90. The summed E-state index contributed by atoms with van der Waals surface area (Å²) in [7, 11) is 0. The highest BCUT2D eigenvalue weighted by Crippen LogP contribution is 2.37. The zero-order valence-corrected chi connectivity index (χ0v) is 16.6. The van der Waals surface area contributed by atoms with Crippen LogP contribution < -0.4 is 0 Å². The molecule has 3 heterocycles. The summed E-state index contributed by atoms with van der Waals surface area (Å²) in [6, 6.07) is 2.23. The van der Waals surface area contributed by atoms with Crippen molar-refractivity contribution in [2.24, 2.45) is 5.92 Å². The molecule has 0 radical (unpaired) electrons. The first kappa shape index (κ1) is 17.7. The molecule has 1 aliphatic rings. The lowest BCUT2D eigenvalue weighted by Crippen LogP contribution is -2.07. The van der Waals surface area contributed by atoms with Crippen LogP contribution in [0.1, 0.15) is 49.4 Å². The van der Waals surface area contributed by atoms with Crippen LogP contribution in [0.5, 0.6) is 0 Å². The molecule has 0 aliphatic heterocycles. The quantitative estimate of drug-likeness (QED) is 0.564. The van der Waals surface area contributed by atoms with Gasteiger partial charge in [-0.05, 0) is 53.7 Å². The summed E-state index contributed by atoms with van der Waals surface area (Å²) in [5, 5.41) is 20.9. The van der Waals surface area contributed by atoms with E-state index >= 15 is 0 Å². The van der Waals surface area contributed by atoms with E-state index in [0.717, 1.165) is 48.8 Å². The number of thiophene rings is 1. The first-order valence-corrected chi connectivity index (χ1v) is 10.9. The molecule has 0 amide bonds. The van der Waals surface area contributed by atoms with Crippen LogP contribution in [0.2, 0.25) is 0 Å². The Balaban J connectivity index is 1.42. The molecule has 26 heavy (non-hydrogen) atoms. The van der Waals surface area contributed by atoms with Gasteiger partial charge in [-0.15, -0.1) is 26.6 Å². The molecule has 0 unspecified atom stereocenters. The van der Waals surface area contributed by atoms with Gasteiger partial charge in [0.25, 0.3) is 11.1 Å². The highest BCUT2D eigenvalue weighted by Gasteiger charge is 2.21. The lowest BCUT2D eigenvalue weighted by molar-refractivity contribution is 0.466. The van der Waals surface area contributed by atoms with Crippen LogP contribution in [-0.2, 0) is 25.1 Å². The molecule has 138 valence electrons. The van der Waals surface area contributed by atoms with Crippen molar-refractivity contribution in [3.63, 3.8) is 0 Å².